The quantitative estimate of drug-likeness (QED) is 0.166. The topological polar surface area (TPSA) is 89.9 Å². The SMILES string of the molecule is CCCCCCCCC(/C=C/C=C/[C@H]1CC[C@H]1C(CCCC(=O)O)OC(C)=O)OC(C)=O. The molecule has 0 aromatic rings. The van der Waals surface area contributed by atoms with E-state index in [-0.39, 0.29) is 36.5 Å². The molecule has 6 nitrogen and oxygen atoms in total. The second-order valence-electron chi connectivity index (χ2n) is 8.81. The molecule has 2 unspecified atom stereocenters. The Balaban J connectivity index is 2.53. The molecule has 0 aromatic carbocycles. The van der Waals surface area contributed by atoms with Crippen LogP contribution < -0.4 is 0 Å². The summed E-state index contributed by atoms with van der Waals surface area (Å²) in [6, 6.07) is 0. The number of carboxylic acids is 1. The van der Waals surface area contributed by atoms with Crippen LogP contribution in [0.3, 0.4) is 0 Å². The number of carbonyl (C=O) groups excluding carboxylic acids is 2. The van der Waals surface area contributed by atoms with E-state index in [1.54, 1.807) is 0 Å². The molecule has 0 amide bonds. The van der Waals surface area contributed by atoms with Gasteiger partial charge in [0.05, 0.1) is 0 Å². The van der Waals surface area contributed by atoms with Gasteiger partial charge in [0.15, 0.2) is 0 Å². The van der Waals surface area contributed by atoms with Gasteiger partial charge in [0.1, 0.15) is 12.2 Å². The molecule has 4 atom stereocenters. The number of unbranched alkanes of at least 4 members (excludes halogenated alkanes) is 5. The van der Waals surface area contributed by atoms with Gasteiger partial charge < -0.3 is 14.6 Å². The normalized spacial score (nSPS) is 20.1. The molecule has 1 N–H and O–H groups in total. The number of ether oxygens (including phenoxy) is 2. The molecule has 0 saturated heterocycles. The monoisotopic (exact) mass is 450 g/mol. The van der Waals surface area contributed by atoms with Crippen molar-refractivity contribution in [3.05, 3.63) is 24.3 Å². The van der Waals surface area contributed by atoms with Gasteiger partial charge in [-0.05, 0) is 50.5 Å². The summed E-state index contributed by atoms with van der Waals surface area (Å²) in [4.78, 5) is 33.7. The number of allylic oxidation sites excluding steroid dienone is 3. The Bertz CT molecular complexity index is 624. The number of aliphatic carboxylic acids is 1. The minimum absolute atomic E-state index is 0.0872. The van der Waals surface area contributed by atoms with E-state index in [0.29, 0.717) is 18.8 Å². The Morgan fingerprint density at radius 1 is 0.906 bits per heavy atom. The molecular formula is C26H42O6. The van der Waals surface area contributed by atoms with Crippen LogP contribution in [0.4, 0.5) is 0 Å². The zero-order valence-electron chi connectivity index (χ0n) is 20.1. The van der Waals surface area contributed by atoms with Crippen LogP contribution in [-0.4, -0.2) is 35.2 Å². The number of carboxylic acid groups (broad SMARTS) is 1. The van der Waals surface area contributed by atoms with Gasteiger partial charge in [-0.25, -0.2) is 0 Å². The first-order valence-electron chi connectivity index (χ1n) is 12.2. The van der Waals surface area contributed by atoms with Gasteiger partial charge in [0.2, 0.25) is 0 Å². The summed E-state index contributed by atoms with van der Waals surface area (Å²) < 4.78 is 10.9. The van der Waals surface area contributed by atoms with Gasteiger partial charge in [0.25, 0.3) is 0 Å². The highest BCUT2D eigenvalue weighted by molar-refractivity contribution is 5.67. The van der Waals surface area contributed by atoms with Gasteiger partial charge in [-0.2, -0.15) is 0 Å². The van der Waals surface area contributed by atoms with Crippen LogP contribution in [0.15, 0.2) is 24.3 Å². The largest absolute Gasteiger partial charge is 0.481 e. The summed E-state index contributed by atoms with van der Waals surface area (Å²) in [5.41, 5.74) is 0. The fourth-order valence-electron chi connectivity index (χ4n) is 4.21. The third kappa shape index (κ3) is 12.7. The van der Waals surface area contributed by atoms with Gasteiger partial charge in [-0.3, -0.25) is 14.4 Å². The highest BCUT2D eigenvalue weighted by Gasteiger charge is 2.36. The van der Waals surface area contributed by atoms with Crippen molar-refractivity contribution in [2.45, 2.75) is 110 Å². The van der Waals surface area contributed by atoms with Crippen LogP contribution >= 0.6 is 0 Å². The standard InChI is InChI=1S/C26H42O6/c1-4-5-6-7-8-9-14-23(31-20(2)27)15-11-10-13-22-18-19-24(22)25(32-21(3)28)16-12-17-26(29)30/h10-11,13,15,22-25H,4-9,12,14,16-19H2,1-3H3,(H,29,30)/b13-10+,15-11+/t22-,23?,24+,25?/m0/s1. The van der Waals surface area contributed by atoms with Gasteiger partial charge in [-0.15, -0.1) is 0 Å². The maximum Gasteiger partial charge on any atom is 0.303 e. The molecule has 1 rings (SSSR count). The van der Waals surface area contributed by atoms with Crippen LogP contribution in [0.25, 0.3) is 0 Å². The molecule has 182 valence electrons. The third-order valence-electron chi connectivity index (χ3n) is 6.01. The second-order valence-corrected chi connectivity index (χ2v) is 8.81. The van der Waals surface area contributed by atoms with Crippen molar-refractivity contribution >= 4 is 17.9 Å². The van der Waals surface area contributed by atoms with Crippen LogP contribution in [0, 0.1) is 11.8 Å². The number of carbonyl (C=O) groups is 3. The highest BCUT2D eigenvalue weighted by atomic mass is 16.5. The van der Waals surface area contributed by atoms with E-state index < -0.39 is 5.97 Å². The van der Waals surface area contributed by atoms with E-state index in [1.165, 1.54) is 39.5 Å². The average molecular weight is 451 g/mol. The van der Waals surface area contributed by atoms with Crippen molar-refractivity contribution < 1.29 is 29.0 Å². The van der Waals surface area contributed by atoms with Crippen molar-refractivity contribution in [2.24, 2.45) is 11.8 Å². The first-order chi connectivity index (χ1) is 15.3. The first kappa shape index (κ1) is 27.9. The Labute approximate surface area is 193 Å². The lowest BCUT2D eigenvalue weighted by atomic mass is 9.69. The van der Waals surface area contributed by atoms with E-state index >= 15 is 0 Å². The average Bonchev–Trinajstić information content (AvgIpc) is 2.68. The second kappa shape index (κ2) is 16.5. The van der Waals surface area contributed by atoms with Crippen LogP contribution in [0.5, 0.6) is 0 Å². The molecule has 0 bridgehead atoms. The maximum absolute atomic E-state index is 11.5. The third-order valence-corrected chi connectivity index (χ3v) is 6.01. The fraction of sp³-hybridized carbons (Fsp3) is 0.731. The lowest BCUT2D eigenvalue weighted by molar-refractivity contribution is -0.153. The molecule has 0 spiro atoms. The van der Waals surface area contributed by atoms with Crippen LogP contribution in [0.2, 0.25) is 0 Å². The molecular weight excluding hydrogens is 408 g/mol. The Morgan fingerprint density at radius 2 is 1.59 bits per heavy atom. The van der Waals surface area contributed by atoms with E-state index in [9.17, 15) is 14.4 Å². The lowest BCUT2D eigenvalue weighted by Crippen LogP contribution is -2.37. The predicted molar refractivity (Wildman–Crippen MR) is 125 cm³/mol. The first-order valence-corrected chi connectivity index (χ1v) is 12.2. The van der Waals surface area contributed by atoms with Crippen molar-refractivity contribution in [3.8, 4) is 0 Å². The molecule has 1 saturated carbocycles. The number of hydrogen-bond donors (Lipinski definition) is 1. The zero-order chi connectivity index (χ0) is 23.8. The smallest absolute Gasteiger partial charge is 0.303 e. The summed E-state index contributed by atoms with van der Waals surface area (Å²) >= 11 is 0. The Kier molecular flexibility index (Phi) is 14.4. The maximum atomic E-state index is 11.5. The molecule has 1 aliphatic carbocycles. The Morgan fingerprint density at radius 3 is 2.19 bits per heavy atom. The molecule has 32 heavy (non-hydrogen) atoms. The van der Waals surface area contributed by atoms with Crippen LogP contribution in [-0.2, 0) is 23.9 Å². The minimum Gasteiger partial charge on any atom is -0.481 e. The summed E-state index contributed by atoms with van der Waals surface area (Å²) in [6.45, 7) is 5.04. The van der Waals surface area contributed by atoms with Gasteiger partial charge in [0, 0.05) is 26.2 Å². The summed E-state index contributed by atoms with van der Waals surface area (Å²) in [5.74, 6) is -0.882. The van der Waals surface area contributed by atoms with Gasteiger partial charge >= 0.3 is 17.9 Å². The van der Waals surface area contributed by atoms with E-state index in [1.807, 2.05) is 18.2 Å². The molecule has 0 aliphatic heterocycles. The molecule has 1 aliphatic rings. The van der Waals surface area contributed by atoms with E-state index in [0.717, 1.165) is 32.1 Å². The van der Waals surface area contributed by atoms with Crippen molar-refractivity contribution in [3.63, 3.8) is 0 Å². The number of esters is 2. The summed E-state index contributed by atoms with van der Waals surface area (Å²) in [5, 5.41) is 8.86. The van der Waals surface area contributed by atoms with Crippen molar-refractivity contribution in [1.82, 2.24) is 0 Å². The van der Waals surface area contributed by atoms with Crippen LogP contribution in [0.1, 0.15) is 97.8 Å². The zero-order valence-corrected chi connectivity index (χ0v) is 20.1. The molecule has 1 fully saturated rings. The van der Waals surface area contributed by atoms with E-state index in [2.05, 4.69) is 13.0 Å². The lowest BCUT2D eigenvalue weighted by Gasteiger charge is -2.39. The molecule has 0 heterocycles. The van der Waals surface area contributed by atoms with E-state index in [4.69, 9.17) is 14.6 Å². The minimum atomic E-state index is -0.829. The predicted octanol–water partition coefficient (Wildman–Crippen LogP) is 5.99. The van der Waals surface area contributed by atoms with Crippen molar-refractivity contribution in [1.29, 1.82) is 0 Å². The molecule has 0 radical (unpaired) electrons. The van der Waals surface area contributed by atoms with Gasteiger partial charge in [-0.1, -0.05) is 57.3 Å². The highest BCUT2D eigenvalue weighted by Crippen LogP contribution is 2.40. The summed E-state index contributed by atoms with van der Waals surface area (Å²) in [6.07, 6.45) is 18.7. The molecule has 6 heteroatoms. The number of hydrogen-bond acceptors (Lipinski definition) is 5. The Hall–Kier alpha value is -2.11. The number of rotatable bonds is 17. The van der Waals surface area contributed by atoms with Crippen molar-refractivity contribution in [2.75, 3.05) is 0 Å². The fourth-order valence-corrected chi connectivity index (χ4v) is 4.21. The molecule has 0 aromatic heterocycles. The summed E-state index contributed by atoms with van der Waals surface area (Å²) in [7, 11) is 0.